The zero-order valence-corrected chi connectivity index (χ0v) is 26.9. The van der Waals surface area contributed by atoms with Crippen LogP contribution in [-0.2, 0) is 0 Å². The number of likely N-dealkylation sites (N-methyl/N-ethyl adjacent to an activating group) is 1. The number of hydrogen-bond acceptors (Lipinski definition) is 4. The van der Waals surface area contributed by atoms with Crippen LogP contribution in [0, 0.1) is 39.9 Å². The normalized spacial score (nSPS) is 31.6. The van der Waals surface area contributed by atoms with E-state index in [1.165, 1.54) is 70.0 Å². The average Bonchev–Trinajstić information content (AvgIpc) is 3.21. The molecule has 0 heterocycles. The summed E-state index contributed by atoms with van der Waals surface area (Å²) in [6.45, 7) is 20.4. The van der Waals surface area contributed by atoms with E-state index in [0.717, 1.165) is 43.1 Å². The molecule has 0 spiro atoms. The molecule has 4 nitrogen and oxygen atoms in total. The summed E-state index contributed by atoms with van der Waals surface area (Å²) in [5.74, 6) is 3.13. The van der Waals surface area contributed by atoms with Crippen molar-refractivity contribution in [3.63, 3.8) is 0 Å². The predicted octanol–water partition coefficient (Wildman–Crippen LogP) is 9.10. The minimum absolute atomic E-state index is 0. The third-order valence-corrected chi connectivity index (χ3v) is 9.89. The molecule has 6 atom stereocenters. The summed E-state index contributed by atoms with van der Waals surface area (Å²) < 4.78 is 32.8. The maximum atomic E-state index is 10.9. The Labute approximate surface area is 251 Å². The minimum Gasteiger partial charge on any atom is -0.315 e. The molecule has 0 saturated heterocycles. The van der Waals surface area contributed by atoms with Gasteiger partial charge in [-0.05, 0) is 108 Å². The van der Waals surface area contributed by atoms with Gasteiger partial charge in [-0.25, -0.2) is 5.32 Å². The molecule has 6 unspecified atom stereocenters. The smallest absolute Gasteiger partial charge is 0.315 e. The molecule has 0 radical (unpaired) electrons. The lowest BCUT2D eigenvalue weighted by atomic mass is 9.47. The molecular formula is C34H65F3N4. The molecule has 3 N–H and O–H groups in total. The minimum atomic E-state index is -4.20. The Kier molecular flexibility index (Phi) is 17.9. The summed E-state index contributed by atoms with van der Waals surface area (Å²) >= 11 is 0. The molecular weight excluding hydrogens is 521 g/mol. The van der Waals surface area contributed by atoms with Crippen molar-refractivity contribution in [2.24, 2.45) is 34.5 Å². The molecule has 0 bridgehead atoms. The first-order chi connectivity index (χ1) is 18.7. The van der Waals surface area contributed by atoms with E-state index < -0.39 is 6.30 Å². The van der Waals surface area contributed by atoms with E-state index >= 15 is 0 Å². The Hall–Kier alpha value is -1.18. The van der Waals surface area contributed by atoms with Gasteiger partial charge >= 0.3 is 6.30 Å². The van der Waals surface area contributed by atoms with E-state index in [4.69, 9.17) is 5.41 Å². The molecule has 41 heavy (non-hydrogen) atoms. The highest BCUT2D eigenvalue weighted by Gasteiger charge is 2.58. The summed E-state index contributed by atoms with van der Waals surface area (Å²) in [5.41, 5.74) is 3.39. The number of rotatable bonds is 10. The number of halogens is 3. The lowest BCUT2D eigenvalue weighted by Crippen LogP contribution is -2.50. The SMILES string of the molecule is C.C=C/C=C1/CCC2C(CCC3(C)C(C(C)=N)CCC23)C1(C)CCC.CCCNCCN(C)C.CCNC(F)(F)F. The van der Waals surface area contributed by atoms with Gasteiger partial charge < -0.3 is 15.6 Å². The van der Waals surface area contributed by atoms with Crippen LogP contribution in [0.2, 0.25) is 0 Å². The Morgan fingerprint density at radius 1 is 1.05 bits per heavy atom. The van der Waals surface area contributed by atoms with Crippen LogP contribution in [0.5, 0.6) is 0 Å². The van der Waals surface area contributed by atoms with E-state index in [1.807, 2.05) is 6.08 Å². The standard InChI is InChI=1S/C23H37N.C7H18N2.C3H6F3N.CH4/c1-6-8-17-9-10-18-20-12-11-19(16(3)24)23(20,5)15-13-21(18)22(17,4)14-7-2;1-4-5-8-6-7-9(2)3;1-2-7-3(4,5)6;/h6,8,18-21,24H,1,7,9-15H2,2-5H3;8H,4-7H2,1-3H3;7H,2H2,1H3;1H4/b17-8-,24-16?;;;. The van der Waals surface area contributed by atoms with Gasteiger partial charge in [0.25, 0.3) is 0 Å². The maximum Gasteiger partial charge on any atom is 0.457 e. The second kappa shape index (κ2) is 18.5. The number of nitrogens with one attached hydrogen (secondary N) is 3. The third kappa shape index (κ3) is 11.4. The van der Waals surface area contributed by atoms with Crippen molar-refractivity contribution in [2.45, 2.75) is 113 Å². The fourth-order valence-corrected chi connectivity index (χ4v) is 8.12. The van der Waals surface area contributed by atoms with Crippen molar-refractivity contribution >= 4 is 5.71 Å². The van der Waals surface area contributed by atoms with Crippen molar-refractivity contribution in [2.75, 3.05) is 40.3 Å². The van der Waals surface area contributed by atoms with Gasteiger partial charge in [0, 0.05) is 31.3 Å². The van der Waals surface area contributed by atoms with Crippen LogP contribution in [-0.4, -0.2) is 57.2 Å². The summed E-state index contributed by atoms with van der Waals surface area (Å²) in [6, 6.07) is 0. The topological polar surface area (TPSA) is 51.2 Å². The first kappa shape index (κ1) is 39.8. The van der Waals surface area contributed by atoms with Crippen LogP contribution in [0.15, 0.2) is 24.3 Å². The molecule has 0 aliphatic heterocycles. The zero-order valence-electron chi connectivity index (χ0n) is 26.9. The van der Waals surface area contributed by atoms with Crippen molar-refractivity contribution in [1.29, 1.82) is 5.41 Å². The van der Waals surface area contributed by atoms with Crippen molar-refractivity contribution < 1.29 is 13.2 Å². The van der Waals surface area contributed by atoms with Gasteiger partial charge in [0.1, 0.15) is 0 Å². The molecule has 0 aromatic rings. The van der Waals surface area contributed by atoms with E-state index in [-0.39, 0.29) is 14.0 Å². The Morgan fingerprint density at radius 2 is 1.71 bits per heavy atom. The number of hydrogen-bond donors (Lipinski definition) is 3. The molecule has 7 heteroatoms. The monoisotopic (exact) mass is 587 g/mol. The summed E-state index contributed by atoms with van der Waals surface area (Å²) in [7, 11) is 4.18. The van der Waals surface area contributed by atoms with E-state index in [0.29, 0.717) is 16.7 Å². The third-order valence-electron chi connectivity index (χ3n) is 9.89. The van der Waals surface area contributed by atoms with Crippen molar-refractivity contribution in [3.8, 4) is 0 Å². The largest absolute Gasteiger partial charge is 0.457 e. The average molecular weight is 587 g/mol. The molecule has 242 valence electrons. The molecule has 0 amide bonds. The fourth-order valence-electron chi connectivity index (χ4n) is 8.12. The second-order valence-corrected chi connectivity index (χ2v) is 12.9. The Balaban J connectivity index is 0.000000782. The molecule has 3 aliphatic rings. The number of allylic oxidation sites excluding steroid dienone is 3. The van der Waals surface area contributed by atoms with Crippen LogP contribution in [0.25, 0.3) is 0 Å². The van der Waals surface area contributed by atoms with Crippen LogP contribution < -0.4 is 10.6 Å². The maximum absolute atomic E-state index is 10.9. The number of alkyl halides is 3. The van der Waals surface area contributed by atoms with E-state index in [1.54, 1.807) is 5.57 Å². The van der Waals surface area contributed by atoms with Gasteiger partial charge in [-0.2, -0.15) is 13.2 Å². The van der Waals surface area contributed by atoms with Crippen molar-refractivity contribution in [3.05, 3.63) is 24.3 Å². The summed E-state index contributed by atoms with van der Waals surface area (Å²) in [4.78, 5) is 2.18. The highest BCUT2D eigenvalue weighted by atomic mass is 19.4. The van der Waals surface area contributed by atoms with Gasteiger partial charge in [-0.15, -0.1) is 0 Å². The van der Waals surface area contributed by atoms with Gasteiger partial charge in [-0.3, -0.25) is 0 Å². The molecule has 3 saturated carbocycles. The quantitative estimate of drug-likeness (QED) is 0.136. The summed E-state index contributed by atoms with van der Waals surface area (Å²) in [6.07, 6.45) is 11.9. The van der Waals surface area contributed by atoms with Gasteiger partial charge in [0.05, 0.1) is 0 Å². The zero-order chi connectivity index (χ0) is 30.6. The lowest BCUT2D eigenvalue weighted by Gasteiger charge is -2.57. The van der Waals surface area contributed by atoms with Crippen LogP contribution in [0.3, 0.4) is 0 Å². The Bertz CT molecular complexity index is 793. The molecule has 0 aromatic heterocycles. The van der Waals surface area contributed by atoms with Crippen molar-refractivity contribution in [1.82, 2.24) is 15.5 Å². The first-order valence-electron chi connectivity index (χ1n) is 15.8. The molecule has 3 fully saturated rings. The first-order valence-corrected chi connectivity index (χ1v) is 15.8. The Morgan fingerprint density at radius 3 is 2.17 bits per heavy atom. The highest BCUT2D eigenvalue weighted by molar-refractivity contribution is 5.82. The molecule has 3 rings (SSSR count). The lowest BCUT2D eigenvalue weighted by molar-refractivity contribution is -0.155. The molecule has 0 aromatic carbocycles. The fraction of sp³-hybridized carbons (Fsp3) is 0.853. The molecule has 3 aliphatic carbocycles. The second-order valence-electron chi connectivity index (χ2n) is 12.9. The van der Waals surface area contributed by atoms with E-state index in [2.05, 4.69) is 71.6 Å². The number of fused-ring (bicyclic) bond motifs is 3. The van der Waals surface area contributed by atoms with E-state index in [9.17, 15) is 13.2 Å². The van der Waals surface area contributed by atoms with Gasteiger partial charge in [0.15, 0.2) is 0 Å². The van der Waals surface area contributed by atoms with Gasteiger partial charge in [-0.1, -0.05) is 72.8 Å². The predicted molar refractivity (Wildman–Crippen MR) is 173 cm³/mol. The number of nitrogens with zero attached hydrogens (tertiary/aromatic N) is 1. The van der Waals surface area contributed by atoms with Crippen LogP contribution >= 0.6 is 0 Å². The highest BCUT2D eigenvalue weighted by Crippen LogP contribution is 2.66. The van der Waals surface area contributed by atoms with Crippen LogP contribution in [0.4, 0.5) is 13.2 Å². The summed E-state index contributed by atoms with van der Waals surface area (Å²) in [5, 5.41) is 12.9. The van der Waals surface area contributed by atoms with Gasteiger partial charge in [0.2, 0.25) is 0 Å². The van der Waals surface area contributed by atoms with Crippen LogP contribution in [0.1, 0.15) is 107 Å².